The first-order chi connectivity index (χ1) is 24.6. The Morgan fingerprint density at radius 2 is 1.77 bits per heavy atom. The van der Waals surface area contributed by atoms with Gasteiger partial charge in [0, 0.05) is 35.9 Å². The summed E-state index contributed by atoms with van der Waals surface area (Å²) in [6, 6.07) is 0. The third-order valence-electron chi connectivity index (χ3n) is 7.60. The predicted molar refractivity (Wildman–Crippen MR) is 186 cm³/mol. The SMILES string of the molecule is CCCC(C)SCCNC(=O)CCNC(=O)C(O)C(C)(C)COP(=O)(O)OP(=O)(O)OC[C@H]1O[C@@H](n2cnc3c(N)ncnc32)[C@H](O)[C@@H]1OP(=O)(O)O. The number of fused-ring (bicyclic) bond motifs is 1. The highest BCUT2D eigenvalue weighted by molar-refractivity contribution is 7.99. The van der Waals surface area contributed by atoms with E-state index in [1.807, 2.05) is 0 Å². The Balaban J connectivity index is 1.52. The molecular formula is C26H46N7O16P3S. The molecule has 23 nitrogen and oxygen atoms in total. The Hall–Kier alpha value is -2.11. The van der Waals surface area contributed by atoms with Gasteiger partial charge in [0.05, 0.1) is 19.5 Å². The van der Waals surface area contributed by atoms with Crippen LogP contribution < -0.4 is 16.4 Å². The van der Waals surface area contributed by atoms with Crippen molar-refractivity contribution >= 4 is 64.0 Å². The summed E-state index contributed by atoms with van der Waals surface area (Å²) in [6.45, 7) is 5.13. The first kappa shape index (κ1) is 45.3. The maximum Gasteiger partial charge on any atom is 0.481 e. The Kier molecular flexibility index (Phi) is 16.4. The molecule has 0 radical (unpaired) electrons. The smallest absolute Gasteiger partial charge is 0.386 e. The number of phosphoric ester groups is 3. The summed E-state index contributed by atoms with van der Waals surface area (Å²) < 4.78 is 62.1. The first-order valence-corrected chi connectivity index (χ1v) is 21.6. The number of aliphatic hydroxyl groups is 2. The van der Waals surface area contributed by atoms with Gasteiger partial charge in [-0.3, -0.25) is 27.7 Å². The summed E-state index contributed by atoms with van der Waals surface area (Å²) in [5.74, 6) is -0.542. The number of nitrogen functional groups attached to an aromatic ring is 1. The minimum Gasteiger partial charge on any atom is -0.386 e. The molecule has 3 heterocycles. The predicted octanol–water partition coefficient (Wildman–Crippen LogP) is 0.327. The van der Waals surface area contributed by atoms with Gasteiger partial charge in [-0.1, -0.05) is 34.1 Å². The van der Waals surface area contributed by atoms with Gasteiger partial charge in [-0.25, -0.2) is 28.6 Å². The first-order valence-electron chi connectivity index (χ1n) is 16.1. The summed E-state index contributed by atoms with van der Waals surface area (Å²) in [4.78, 5) is 75.5. The minimum atomic E-state index is -5.54. The van der Waals surface area contributed by atoms with Crippen LogP contribution in [0.1, 0.15) is 53.2 Å². The molecule has 2 aromatic heterocycles. The van der Waals surface area contributed by atoms with Crippen LogP contribution in [-0.2, 0) is 45.9 Å². The summed E-state index contributed by atoms with van der Waals surface area (Å²) >= 11 is 1.73. The van der Waals surface area contributed by atoms with Crippen LogP contribution in [0.15, 0.2) is 12.7 Å². The van der Waals surface area contributed by atoms with Crippen LogP contribution >= 0.6 is 35.2 Å². The molecule has 8 atom stereocenters. The molecule has 1 aliphatic heterocycles. The lowest BCUT2D eigenvalue weighted by molar-refractivity contribution is -0.137. The zero-order valence-corrected chi connectivity index (χ0v) is 32.7. The molecule has 3 rings (SSSR count). The van der Waals surface area contributed by atoms with E-state index in [4.69, 9.17) is 19.5 Å². The quantitative estimate of drug-likeness (QED) is 0.0570. The monoisotopic (exact) mass is 837 g/mol. The van der Waals surface area contributed by atoms with Crippen LogP contribution in [0, 0.1) is 5.41 Å². The van der Waals surface area contributed by atoms with E-state index >= 15 is 0 Å². The zero-order chi connectivity index (χ0) is 39.8. The van der Waals surface area contributed by atoms with Crippen molar-refractivity contribution in [2.24, 2.45) is 5.41 Å². The van der Waals surface area contributed by atoms with E-state index in [2.05, 4.69) is 48.3 Å². The third kappa shape index (κ3) is 13.9. The number of hydrogen-bond donors (Lipinski definition) is 9. The average Bonchev–Trinajstić information content (AvgIpc) is 3.61. The molecule has 2 amide bonds. The van der Waals surface area contributed by atoms with Crippen molar-refractivity contribution in [3.8, 4) is 0 Å². The number of anilines is 1. The second-order valence-electron chi connectivity index (χ2n) is 12.5. The number of nitrogens with two attached hydrogens (primary N) is 1. The minimum absolute atomic E-state index is 0.0340. The van der Waals surface area contributed by atoms with Crippen molar-refractivity contribution in [1.82, 2.24) is 30.2 Å². The Morgan fingerprint density at radius 3 is 2.43 bits per heavy atom. The molecule has 0 saturated carbocycles. The molecule has 0 spiro atoms. The van der Waals surface area contributed by atoms with Crippen LogP contribution in [-0.4, -0.2) is 123 Å². The normalized spacial score (nSPS) is 22.9. The number of amides is 2. The highest BCUT2D eigenvalue weighted by atomic mass is 32.2. The maximum absolute atomic E-state index is 12.7. The van der Waals surface area contributed by atoms with Gasteiger partial charge in [-0.15, -0.1) is 0 Å². The number of nitrogens with zero attached hydrogens (tertiary/aromatic N) is 4. The summed E-state index contributed by atoms with van der Waals surface area (Å²) in [6.07, 6.45) is -4.56. The van der Waals surface area contributed by atoms with Gasteiger partial charge in [0.25, 0.3) is 0 Å². The van der Waals surface area contributed by atoms with Gasteiger partial charge < -0.3 is 50.9 Å². The fourth-order valence-corrected chi connectivity index (χ4v) is 8.73. The molecular weight excluding hydrogens is 791 g/mol. The number of phosphoric acid groups is 3. The zero-order valence-electron chi connectivity index (χ0n) is 29.2. The van der Waals surface area contributed by atoms with E-state index < -0.39 is 78.6 Å². The number of carbonyl (C=O) groups is 2. The van der Waals surface area contributed by atoms with E-state index in [0.717, 1.165) is 35.8 Å². The van der Waals surface area contributed by atoms with Crippen molar-refractivity contribution in [2.45, 2.75) is 82.9 Å². The molecule has 27 heteroatoms. The molecule has 0 aliphatic carbocycles. The highest BCUT2D eigenvalue weighted by Gasteiger charge is 2.50. The van der Waals surface area contributed by atoms with Crippen molar-refractivity contribution in [2.75, 3.05) is 37.8 Å². The van der Waals surface area contributed by atoms with Gasteiger partial charge in [-0.2, -0.15) is 16.1 Å². The molecule has 0 bridgehead atoms. The molecule has 10 N–H and O–H groups in total. The van der Waals surface area contributed by atoms with Gasteiger partial charge in [0.2, 0.25) is 11.8 Å². The van der Waals surface area contributed by atoms with Gasteiger partial charge in [0.1, 0.15) is 36.3 Å². The highest BCUT2D eigenvalue weighted by Crippen LogP contribution is 2.61. The number of aromatic nitrogens is 4. The van der Waals surface area contributed by atoms with Crippen LogP contribution in [0.4, 0.5) is 5.82 Å². The van der Waals surface area contributed by atoms with Gasteiger partial charge in [0.15, 0.2) is 17.7 Å². The molecule has 0 aromatic carbocycles. The lowest BCUT2D eigenvalue weighted by Crippen LogP contribution is -2.46. The van der Waals surface area contributed by atoms with Crippen LogP contribution in [0.3, 0.4) is 0 Å². The van der Waals surface area contributed by atoms with E-state index in [9.17, 15) is 53.1 Å². The fraction of sp³-hybridized carbons (Fsp3) is 0.731. The second-order valence-corrected chi connectivity index (χ2v) is 18.3. The molecule has 53 heavy (non-hydrogen) atoms. The number of imidazole rings is 1. The third-order valence-corrected chi connectivity index (χ3v) is 11.9. The van der Waals surface area contributed by atoms with Crippen molar-refractivity contribution < 1.29 is 75.7 Å². The fourth-order valence-electron chi connectivity index (χ4n) is 4.88. The van der Waals surface area contributed by atoms with E-state index in [1.165, 1.54) is 13.8 Å². The van der Waals surface area contributed by atoms with Crippen LogP contribution in [0.2, 0.25) is 0 Å². The number of ether oxygens (including phenoxy) is 1. The summed E-state index contributed by atoms with van der Waals surface area (Å²) in [7, 11) is -16.3. The second kappa shape index (κ2) is 19.2. The van der Waals surface area contributed by atoms with E-state index in [0.29, 0.717) is 11.8 Å². The summed E-state index contributed by atoms with van der Waals surface area (Å²) in [5.41, 5.74) is 4.32. The maximum atomic E-state index is 12.7. The number of hydrogen-bond acceptors (Lipinski definition) is 17. The molecule has 4 unspecified atom stereocenters. The number of aliphatic hydroxyl groups excluding tert-OH is 2. The standard InChI is InChI=1S/C26H46N7O16P3S/c1-5-6-15(2)53-10-9-28-17(34)7-8-29-24(37)21(36)26(3,4)12-46-52(43,44)49-51(41,42)45-11-16-20(48-50(38,39)40)19(35)25(47-16)33-14-32-18-22(27)30-13-31-23(18)33/h13-16,19-21,25,35-36H,5-12H2,1-4H3,(H,28,34)(H,29,37)(H,41,42)(H,43,44)(H2,27,30,31)(H2,38,39,40)/t15?,16-,19-,20-,21?,25-/m1/s1. The van der Waals surface area contributed by atoms with Crippen LogP contribution in [0.25, 0.3) is 11.2 Å². The Morgan fingerprint density at radius 1 is 1.09 bits per heavy atom. The van der Waals surface area contributed by atoms with Gasteiger partial charge in [-0.05, 0) is 6.42 Å². The van der Waals surface area contributed by atoms with Crippen LogP contribution in [0.5, 0.6) is 0 Å². The Bertz CT molecular complexity index is 1700. The van der Waals surface area contributed by atoms with Crippen molar-refractivity contribution in [3.63, 3.8) is 0 Å². The average molecular weight is 838 g/mol. The topological polar surface area (TPSA) is 347 Å². The molecule has 1 aliphatic rings. The molecule has 1 saturated heterocycles. The van der Waals surface area contributed by atoms with Crippen molar-refractivity contribution in [1.29, 1.82) is 0 Å². The summed E-state index contributed by atoms with van der Waals surface area (Å²) in [5, 5.41) is 27.0. The molecule has 2 aromatic rings. The number of rotatable bonds is 22. The van der Waals surface area contributed by atoms with E-state index in [1.54, 1.807) is 11.8 Å². The van der Waals surface area contributed by atoms with Gasteiger partial charge >= 0.3 is 23.5 Å². The lowest BCUT2D eigenvalue weighted by atomic mass is 9.87. The largest absolute Gasteiger partial charge is 0.481 e. The Labute approximate surface area is 308 Å². The number of thioether (sulfide) groups is 1. The number of nitrogens with one attached hydrogen (secondary N) is 2. The lowest BCUT2D eigenvalue weighted by Gasteiger charge is -2.30. The molecule has 302 valence electrons. The molecule has 1 fully saturated rings. The van der Waals surface area contributed by atoms with E-state index in [-0.39, 0.29) is 35.9 Å². The van der Waals surface area contributed by atoms with Crippen molar-refractivity contribution in [3.05, 3.63) is 12.7 Å². The number of carbonyl (C=O) groups excluding carboxylic acids is 2.